The van der Waals surface area contributed by atoms with Gasteiger partial charge in [0.1, 0.15) is 6.04 Å². The Morgan fingerprint density at radius 1 is 1.38 bits per heavy atom. The van der Waals surface area contributed by atoms with Crippen molar-refractivity contribution in [2.24, 2.45) is 0 Å². The van der Waals surface area contributed by atoms with Gasteiger partial charge >= 0.3 is 5.97 Å². The van der Waals surface area contributed by atoms with Crippen LogP contribution in [0.5, 0.6) is 0 Å². The molecule has 0 amide bonds. The van der Waals surface area contributed by atoms with Gasteiger partial charge in [0.25, 0.3) is 0 Å². The fourth-order valence-electron chi connectivity index (χ4n) is 2.51. The van der Waals surface area contributed by atoms with Gasteiger partial charge in [0, 0.05) is 18.5 Å². The molecule has 0 aliphatic carbocycles. The molecule has 2 N–H and O–H groups in total. The van der Waals surface area contributed by atoms with Crippen molar-refractivity contribution in [3.05, 3.63) is 36.2 Å². The van der Waals surface area contributed by atoms with E-state index in [2.05, 4.69) is 10.1 Å². The minimum absolute atomic E-state index is 0.216. The molecule has 1 fully saturated rings. The van der Waals surface area contributed by atoms with Crippen LogP contribution in [0.4, 0.5) is 0 Å². The predicted octanol–water partition coefficient (Wildman–Crippen LogP) is 0.756. The number of aliphatic carboxylic acids is 1. The van der Waals surface area contributed by atoms with E-state index in [1.165, 1.54) is 0 Å². The van der Waals surface area contributed by atoms with Crippen LogP contribution in [0.25, 0.3) is 11.4 Å². The number of aromatic nitrogens is 2. The molecule has 0 spiro atoms. The molecule has 1 aromatic carbocycles. The van der Waals surface area contributed by atoms with E-state index in [0.29, 0.717) is 18.3 Å². The number of hydrogen-bond donors (Lipinski definition) is 2. The lowest BCUT2D eigenvalue weighted by Crippen LogP contribution is -2.35. The molecule has 7 heteroatoms. The molecule has 110 valence electrons. The Balaban J connectivity index is 1.74. The van der Waals surface area contributed by atoms with Crippen molar-refractivity contribution >= 4 is 5.97 Å². The van der Waals surface area contributed by atoms with Crippen LogP contribution in [0, 0.1) is 0 Å². The summed E-state index contributed by atoms with van der Waals surface area (Å²) < 4.78 is 5.17. The average molecular weight is 289 g/mol. The largest absolute Gasteiger partial charge is 0.480 e. The van der Waals surface area contributed by atoms with E-state index in [1.54, 1.807) is 4.90 Å². The third-order valence-corrected chi connectivity index (χ3v) is 3.50. The molecule has 7 nitrogen and oxygen atoms in total. The van der Waals surface area contributed by atoms with Crippen molar-refractivity contribution < 1.29 is 19.5 Å². The smallest absolute Gasteiger partial charge is 0.321 e. The maximum Gasteiger partial charge on any atom is 0.321 e. The van der Waals surface area contributed by atoms with E-state index in [1.807, 2.05) is 30.3 Å². The van der Waals surface area contributed by atoms with E-state index < -0.39 is 18.1 Å². The maximum absolute atomic E-state index is 11.2. The molecule has 2 atom stereocenters. The average Bonchev–Trinajstić information content (AvgIpc) is 3.07. The van der Waals surface area contributed by atoms with Gasteiger partial charge in [0.05, 0.1) is 12.6 Å². The number of nitrogens with zero attached hydrogens (tertiary/aromatic N) is 3. The number of aliphatic hydroxyl groups is 1. The Labute approximate surface area is 120 Å². The van der Waals surface area contributed by atoms with Gasteiger partial charge in [-0.25, -0.2) is 0 Å². The van der Waals surface area contributed by atoms with Crippen LogP contribution in [-0.4, -0.2) is 49.9 Å². The zero-order valence-electron chi connectivity index (χ0n) is 11.2. The highest BCUT2D eigenvalue weighted by molar-refractivity contribution is 5.74. The number of carbonyl (C=O) groups is 1. The quantitative estimate of drug-likeness (QED) is 0.857. The third kappa shape index (κ3) is 2.93. The number of rotatable bonds is 4. The molecule has 2 aromatic rings. The van der Waals surface area contributed by atoms with Crippen LogP contribution in [0.1, 0.15) is 12.3 Å². The molecule has 2 heterocycles. The highest BCUT2D eigenvalue weighted by Gasteiger charge is 2.36. The lowest BCUT2D eigenvalue weighted by Gasteiger charge is -2.17. The lowest BCUT2D eigenvalue weighted by atomic mass is 10.2. The second kappa shape index (κ2) is 5.63. The second-order valence-electron chi connectivity index (χ2n) is 5.05. The van der Waals surface area contributed by atoms with E-state index in [-0.39, 0.29) is 13.0 Å². The zero-order chi connectivity index (χ0) is 14.8. The standard InChI is InChI=1S/C14H15N3O4/c18-10-6-11(14(19)20)17(7-10)8-12-15-13(16-21-12)9-4-2-1-3-5-9/h1-5,10-11,18H,6-8H2,(H,19,20). The number of carboxylic acid groups (broad SMARTS) is 1. The molecule has 1 aromatic heterocycles. The van der Waals surface area contributed by atoms with Crippen LogP contribution in [0.2, 0.25) is 0 Å². The number of likely N-dealkylation sites (tertiary alicyclic amines) is 1. The van der Waals surface area contributed by atoms with E-state index in [9.17, 15) is 9.90 Å². The van der Waals surface area contributed by atoms with Crippen LogP contribution in [0.15, 0.2) is 34.9 Å². The summed E-state index contributed by atoms with van der Waals surface area (Å²) in [6.45, 7) is 0.508. The molecule has 1 saturated heterocycles. The number of β-amino-alcohol motifs (C(OH)–C–C–N with tert-alkyl or cyclic N) is 1. The minimum Gasteiger partial charge on any atom is -0.480 e. The molecule has 21 heavy (non-hydrogen) atoms. The van der Waals surface area contributed by atoms with E-state index >= 15 is 0 Å². The third-order valence-electron chi connectivity index (χ3n) is 3.50. The molecule has 0 bridgehead atoms. The van der Waals surface area contributed by atoms with Crippen molar-refractivity contribution in [1.29, 1.82) is 0 Å². The van der Waals surface area contributed by atoms with Gasteiger partial charge in [-0.3, -0.25) is 9.69 Å². The molecular weight excluding hydrogens is 274 g/mol. The number of benzene rings is 1. The van der Waals surface area contributed by atoms with Crippen molar-refractivity contribution in [1.82, 2.24) is 15.0 Å². The fraction of sp³-hybridized carbons (Fsp3) is 0.357. The summed E-state index contributed by atoms with van der Waals surface area (Å²) in [5, 5.41) is 22.6. The minimum atomic E-state index is -0.950. The van der Waals surface area contributed by atoms with Crippen LogP contribution in [-0.2, 0) is 11.3 Å². The fourth-order valence-corrected chi connectivity index (χ4v) is 2.51. The molecule has 1 aliphatic rings. The summed E-state index contributed by atoms with van der Waals surface area (Å²) in [7, 11) is 0. The summed E-state index contributed by atoms with van der Waals surface area (Å²) in [5.41, 5.74) is 0.837. The van der Waals surface area contributed by atoms with Gasteiger partial charge in [0.15, 0.2) is 0 Å². The summed E-state index contributed by atoms with van der Waals surface area (Å²) in [6, 6.07) is 8.67. The van der Waals surface area contributed by atoms with Crippen molar-refractivity contribution in [2.75, 3.05) is 6.54 Å². The molecule has 0 saturated carbocycles. The highest BCUT2D eigenvalue weighted by atomic mass is 16.5. The second-order valence-corrected chi connectivity index (χ2v) is 5.05. The first-order valence-electron chi connectivity index (χ1n) is 6.66. The SMILES string of the molecule is O=C(O)C1CC(O)CN1Cc1nc(-c2ccccc2)no1. The summed E-state index contributed by atoms with van der Waals surface area (Å²) >= 11 is 0. The lowest BCUT2D eigenvalue weighted by molar-refractivity contribution is -0.142. The number of carboxylic acids is 1. The highest BCUT2D eigenvalue weighted by Crippen LogP contribution is 2.21. The normalized spacial score (nSPS) is 22.5. The summed E-state index contributed by atoms with van der Waals surface area (Å²) in [6.07, 6.45) is -0.419. The van der Waals surface area contributed by atoms with Crippen LogP contribution in [0.3, 0.4) is 0 Å². The van der Waals surface area contributed by atoms with Gasteiger partial charge in [-0.1, -0.05) is 35.5 Å². The van der Waals surface area contributed by atoms with Crippen LogP contribution >= 0.6 is 0 Å². The van der Waals surface area contributed by atoms with Gasteiger partial charge in [0.2, 0.25) is 11.7 Å². The zero-order valence-corrected chi connectivity index (χ0v) is 11.2. The molecule has 2 unspecified atom stereocenters. The number of hydrogen-bond acceptors (Lipinski definition) is 6. The Morgan fingerprint density at radius 2 is 2.14 bits per heavy atom. The van der Waals surface area contributed by atoms with E-state index in [4.69, 9.17) is 9.63 Å². The summed E-state index contributed by atoms with van der Waals surface area (Å²) in [5.74, 6) is -0.138. The Bertz CT molecular complexity index is 628. The van der Waals surface area contributed by atoms with Gasteiger partial charge in [-0.2, -0.15) is 4.98 Å². The topological polar surface area (TPSA) is 99.7 Å². The molecule has 1 aliphatic heterocycles. The first-order valence-corrected chi connectivity index (χ1v) is 6.66. The Morgan fingerprint density at radius 3 is 2.86 bits per heavy atom. The Kier molecular flexibility index (Phi) is 3.68. The predicted molar refractivity (Wildman–Crippen MR) is 72.2 cm³/mol. The van der Waals surface area contributed by atoms with Crippen molar-refractivity contribution in [2.45, 2.75) is 25.1 Å². The molecule has 0 radical (unpaired) electrons. The van der Waals surface area contributed by atoms with Gasteiger partial charge in [-0.05, 0) is 0 Å². The maximum atomic E-state index is 11.2. The van der Waals surface area contributed by atoms with E-state index in [0.717, 1.165) is 5.56 Å². The van der Waals surface area contributed by atoms with Gasteiger partial charge in [-0.15, -0.1) is 0 Å². The van der Waals surface area contributed by atoms with Crippen molar-refractivity contribution in [3.63, 3.8) is 0 Å². The molecular formula is C14H15N3O4. The molecule has 3 rings (SSSR count). The first kappa shape index (κ1) is 13.7. The summed E-state index contributed by atoms with van der Waals surface area (Å²) in [4.78, 5) is 17.1. The van der Waals surface area contributed by atoms with Crippen molar-refractivity contribution in [3.8, 4) is 11.4 Å². The first-order chi connectivity index (χ1) is 10.1. The monoisotopic (exact) mass is 289 g/mol. The number of aliphatic hydroxyl groups excluding tert-OH is 1. The van der Waals surface area contributed by atoms with Gasteiger partial charge < -0.3 is 14.7 Å². The Hall–Kier alpha value is -2.25. The van der Waals surface area contributed by atoms with Crippen LogP contribution < -0.4 is 0 Å².